The lowest BCUT2D eigenvalue weighted by Crippen LogP contribution is -1.93. The maximum atomic E-state index is 10.3. The molecule has 75 valence electrons. The maximum absolute atomic E-state index is 10.3. The maximum Gasteiger partial charge on any atom is 0.199 e. The molecule has 0 aliphatic carbocycles. The van der Waals surface area contributed by atoms with Crippen LogP contribution < -0.4 is 0 Å². The van der Waals surface area contributed by atoms with Gasteiger partial charge in [-0.25, -0.2) is 0 Å². The first-order valence-electron chi connectivity index (χ1n) is 5.15. The number of benzene rings is 2. The van der Waals surface area contributed by atoms with Gasteiger partial charge in [0.25, 0.3) is 0 Å². The summed E-state index contributed by atoms with van der Waals surface area (Å²) in [5.74, 6) is 0.257. The van der Waals surface area contributed by atoms with Crippen molar-refractivity contribution in [1.82, 2.24) is 0 Å². The summed E-state index contributed by atoms with van der Waals surface area (Å²) < 4.78 is 0. The van der Waals surface area contributed by atoms with Crippen LogP contribution in [0.1, 0.15) is 24.8 Å². The van der Waals surface area contributed by atoms with Crippen molar-refractivity contribution < 1.29 is 4.79 Å². The normalized spacial score (nSPS) is 12.6. The quantitative estimate of drug-likeness (QED) is 0.736. The highest BCUT2D eigenvalue weighted by Gasteiger charge is 2.05. The van der Waals surface area contributed by atoms with Crippen molar-refractivity contribution in [1.29, 1.82) is 0 Å². The van der Waals surface area contributed by atoms with Crippen molar-refractivity contribution in [2.75, 3.05) is 0 Å². The van der Waals surface area contributed by atoms with Crippen LogP contribution in [-0.2, 0) is 4.79 Å². The van der Waals surface area contributed by atoms with Gasteiger partial charge in [0.15, 0.2) is 6.29 Å². The molecular weight excluding hydrogens is 184 g/mol. The highest BCUT2D eigenvalue weighted by molar-refractivity contribution is 5.83. The van der Waals surface area contributed by atoms with Crippen LogP contribution in [0.2, 0.25) is 0 Å². The van der Waals surface area contributed by atoms with E-state index in [9.17, 15) is 4.79 Å². The fourth-order valence-electron chi connectivity index (χ4n) is 1.76. The zero-order valence-electron chi connectivity index (χ0n) is 8.73. The Labute approximate surface area is 89.7 Å². The van der Waals surface area contributed by atoms with Gasteiger partial charge < -0.3 is 0 Å². The van der Waals surface area contributed by atoms with Gasteiger partial charge in [-0.05, 0) is 22.3 Å². The number of carbonyl (C=O) groups excluding carboxylic acids is 1. The third kappa shape index (κ3) is 2.07. The Balaban J connectivity index is 2.42. The predicted octanol–water partition coefficient (Wildman–Crippen LogP) is 3.44. The molecule has 15 heavy (non-hydrogen) atoms. The first kappa shape index (κ1) is 9.91. The highest BCUT2D eigenvalue weighted by atomic mass is 16.1. The summed E-state index contributed by atoms with van der Waals surface area (Å²) >= 11 is 0. The zero-order chi connectivity index (χ0) is 10.7. The third-order valence-electron chi connectivity index (χ3n) is 2.73. The minimum atomic E-state index is 0.257. The van der Waals surface area contributed by atoms with Gasteiger partial charge in [0, 0.05) is 6.42 Å². The van der Waals surface area contributed by atoms with E-state index in [1.165, 1.54) is 16.3 Å². The van der Waals surface area contributed by atoms with Crippen LogP contribution in [-0.4, -0.2) is 6.29 Å². The zero-order valence-corrected chi connectivity index (χ0v) is 8.73. The lowest BCUT2D eigenvalue weighted by Gasteiger charge is -2.08. The van der Waals surface area contributed by atoms with E-state index in [-0.39, 0.29) is 5.92 Å². The molecule has 0 spiro atoms. The molecule has 0 heterocycles. The van der Waals surface area contributed by atoms with Crippen LogP contribution >= 0.6 is 0 Å². The molecule has 0 saturated heterocycles. The molecular formula is C14H13O. The summed E-state index contributed by atoms with van der Waals surface area (Å²) in [5, 5.41) is 2.47. The minimum absolute atomic E-state index is 0.257. The molecule has 0 aromatic heterocycles. The molecule has 0 N–H and O–H groups in total. The molecule has 1 heteroatoms. The summed E-state index contributed by atoms with van der Waals surface area (Å²) in [6, 6.07) is 14.6. The van der Waals surface area contributed by atoms with Gasteiger partial charge in [0.1, 0.15) is 0 Å². The molecule has 2 rings (SSSR count). The Hall–Kier alpha value is -1.63. The van der Waals surface area contributed by atoms with E-state index in [2.05, 4.69) is 37.3 Å². The van der Waals surface area contributed by atoms with Gasteiger partial charge in [0.05, 0.1) is 0 Å². The summed E-state index contributed by atoms with van der Waals surface area (Å²) in [7, 11) is 0. The fraction of sp³-hybridized carbons (Fsp3) is 0.214. The van der Waals surface area contributed by atoms with Crippen LogP contribution in [0.15, 0.2) is 42.5 Å². The largest absolute Gasteiger partial charge is 0.291 e. The first-order valence-corrected chi connectivity index (χ1v) is 5.15. The molecule has 0 aliphatic rings. The third-order valence-corrected chi connectivity index (χ3v) is 2.73. The molecule has 2 aromatic carbocycles. The lowest BCUT2D eigenvalue weighted by atomic mass is 9.96. The van der Waals surface area contributed by atoms with Crippen LogP contribution in [0, 0.1) is 0 Å². The van der Waals surface area contributed by atoms with Gasteiger partial charge >= 0.3 is 0 Å². The van der Waals surface area contributed by atoms with E-state index in [0.29, 0.717) is 6.42 Å². The average Bonchev–Trinajstić information content (AvgIpc) is 2.29. The van der Waals surface area contributed by atoms with Crippen molar-refractivity contribution in [2.45, 2.75) is 19.3 Å². The van der Waals surface area contributed by atoms with Crippen molar-refractivity contribution in [2.24, 2.45) is 0 Å². The molecule has 1 nitrogen and oxygen atoms in total. The van der Waals surface area contributed by atoms with Crippen LogP contribution in [0.5, 0.6) is 0 Å². The van der Waals surface area contributed by atoms with Gasteiger partial charge in [-0.2, -0.15) is 0 Å². The molecule has 0 bridgehead atoms. The number of hydrogen-bond acceptors (Lipinski definition) is 1. The summed E-state index contributed by atoms with van der Waals surface area (Å²) in [5.41, 5.74) is 1.21. The van der Waals surface area contributed by atoms with Crippen molar-refractivity contribution in [3.8, 4) is 0 Å². The average molecular weight is 197 g/mol. The second kappa shape index (κ2) is 4.26. The summed E-state index contributed by atoms with van der Waals surface area (Å²) in [4.78, 5) is 10.3. The monoisotopic (exact) mass is 197 g/mol. The molecule has 1 atom stereocenters. The Kier molecular flexibility index (Phi) is 2.82. The molecule has 2 aromatic rings. The van der Waals surface area contributed by atoms with Gasteiger partial charge in [0.2, 0.25) is 0 Å². The number of fused-ring (bicyclic) bond motifs is 1. The standard InChI is InChI=1S/C14H13O/c1-11(8-9-15)13-7-6-12-4-2-3-5-14(12)10-13/h2-7,10-11H,8H2,1H3. The molecule has 1 radical (unpaired) electrons. The smallest absolute Gasteiger partial charge is 0.199 e. The minimum Gasteiger partial charge on any atom is -0.291 e. The Morgan fingerprint density at radius 1 is 1.13 bits per heavy atom. The second-order valence-corrected chi connectivity index (χ2v) is 3.86. The van der Waals surface area contributed by atoms with Crippen molar-refractivity contribution in [3.63, 3.8) is 0 Å². The summed E-state index contributed by atoms with van der Waals surface area (Å²) in [6.07, 6.45) is 2.43. The molecule has 0 amide bonds. The van der Waals surface area contributed by atoms with E-state index in [0.717, 1.165) is 0 Å². The van der Waals surface area contributed by atoms with E-state index in [4.69, 9.17) is 0 Å². The Morgan fingerprint density at radius 3 is 2.60 bits per heavy atom. The fourth-order valence-corrected chi connectivity index (χ4v) is 1.76. The van der Waals surface area contributed by atoms with Crippen LogP contribution in [0.3, 0.4) is 0 Å². The number of rotatable bonds is 3. The lowest BCUT2D eigenvalue weighted by molar-refractivity contribution is 0.545. The predicted molar refractivity (Wildman–Crippen MR) is 62.7 cm³/mol. The highest BCUT2D eigenvalue weighted by Crippen LogP contribution is 2.22. The molecule has 0 fully saturated rings. The van der Waals surface area contributed by atoms with E-state index in [1.807, 2.05) is 18.4 Å². The molecule has 0 aliphatic heterocycles. The summed E-state index contributed by atoms with van der Waals surface area (Å²) in [6.45, 7) is 2.05. The topological polar surface area (TPSA) is 17.1 Å². The van der Waals surface area contributed by atoms with E-state index >= 15 is 0 Å². The van der Waals surface area contributed by atoms with Gasteiger partial charge in [-0.3, -0.25) is 4.79 Å². The van der Waals surface area contributed by atoms with Crippen molar-refractivity contribution in [3.05, 3.63) is 48.0 Å². The number of hydrogen-bond donors (Lipinski definition) is 0. The van der Waals surface area contributed by atoms with Crippen molar-refractivity contribution >= 4 is 17.1 Å². The SMILES string of the molecule is CC(C[C]=O)c1ccc2ccccc2c1. The van der Waals surface area contributed by atoms with Gasteiger partial charge in [-0.1, -0.05) is 49.4 Å². The van der Waals surface area contributed by atoms with Crippen LogP contribution in [0.4, 0.5) is 0 Å². The Morgan fingerprint density at radius 2 is 1.87 bits per heavy atom. The van der Waals surface area contributed by atoms with E-state index < -0.39 is 0 Å². The van der Waals surface area contributed by atoms with Gasteiger partial charge in [-0.15, -0.1) is 0 Å². The second-order valence-electron chi connectivity index (χ2n) is 3.86. The Bertz CT molecular complexity index is 473. The van der Waals surface area contributed by atoms with E-state index in [1.54, 1.807) is 0 Å². The molecule has 1 unspecified atom stereocenters. The first-order chi connectivity index (χ1) is 7.31. The molecule has 0 saturated carbocycles. The van der Waals surface area contributed by atoms with Crippen LogP contribution in [0.25, 0.3) is 10.8 Å².